The minimum atomic E-state index is -0.362. The molecule has 0 radical (unpaired) electrons. The van der Waals surface area contributed by atoms with Gasteiger partial charge >= 0.3 is 10.8 Å². The lowest BCUT2D eigenvalue weighted by Gasteiger charge is -2.23. The number of rotatable bonds is 9. The van der Waals surface area contributed by atoms with Crippen molar-refractivity contribution in [2.45, 2.75) is 26.8 Å². The van der Waals surface area contributed by atoms with Crippen molar-refractivity contribution in [1.29, 1.82) is 0 Å². The van der Waals surface area contributed by atoms with Crippen LogP contribution in [-0.4, -0.2) is 38.3 Å². The van der Waals surface area contributed by atoms with Gasteiger partial charge in [0.25, 0.3) is 0 Å². The zero-order valence-electron chi connectivity index (χ0n) is 19.4. The highest BCUT2D eigenvalue weighted by Crippen LogP contribution is 2.30. The van der Waals surface area contributed by atoms with E-state index in [0.29, 0.717) is 30.4 Å². The first kappa shape index (κ1) is 23.4. The molecule has 34 heavy (non-hydrogen) atoms. The molecular weight excluding hydrogens is 450 g/mol. The fourth-order valence-corrected chi connectivity index (χ4v) is 4.36. The van der Waals surface area contributed by atoms with Crippen LogP contribution in [0.1, 0.15) is 36.2 Å². The Balaban J connectivity index is 1.61. The summed E-state index contributed by atoms with van der Waals surface area (Å²) in [5.74, 6) is 0.842. The van der Waals surface area contributed by atoms with Gasteiger partial charge in [0.1, 0.15) is 5.56 Å². The van der Waals surface area contributed by atoms with Crippen LogP contribution in [0.3, 0.4) is 0 Å². The number of anilines is 1. The molecule has 9 heteroatoms. The largest absolute Gasteiger partial charge is 0.462 e. The van der Waals surface area contributed by atoms with Crippen molar-refractivity contribution in [1.82, 2.24) is 19.1 Å². The molecule has 2 heterocycles. The van der Waals surface area contributed by atoms with Crippen LogP contribution in [0.25, 0.3) is 22.5 Å². The topological polar surface area (TPSA) is 93.1 Å². The van der Waals surface area contributed by atoms with Crippen LogP contribution >= 0.6 is 11.5 Å². The summed E-state index contributed by atoms with van der Waals surface area (Å²) in [5, 5.41) is 4.55. The Morgan fingerprint density at radius 1 is 1.12 bits per heavy atom. The summed E-state index contributed by atoms with van der Waals surface area (Å²) in [6, 6.07) is 16.2. The maximum absolute atomic E-state index is 12.5. The highest BCUT2D eigenvalue weighted by Gasteiger charge is 2.22. The van der Waals surface area contributed by atoms with Crippen LogP contribution in [0.2, 0.25) is 0 Å². The van der Waals surface area contributed by atoms with Gasteiger partial charge in [-0.15, -0.1) is 0 Å². The summed E-state index contributed by atoms with van der Waals surface area (Å²) < 4.78 is 9.87. The molecule has 2 aromatic carbocycles. The number of aromatic amines is 1. The van der Waals surface area contributed by atoms with Gasteiger partial charge in [-0.25, -0.2) is 4.79 Å². The predicted molar refractivity (Wildman–Crippen MR) is 134 cm³/mol. The van der Waals surface area contributed by atoms with E-state index in [2.05, 4.69) is 50.5 Å². The Bertz CT molecular complexity index is 1320. The van der Waals surface area contributed by atoms with Crippen molar-refractivity contribution in [2.75, 3.05) is 18.1 Å². The molecule has 4 aromatic rings. The summed E-state index contributed by atoms with van der Waals surface area (Å²) in [4.78, 5) is 30.0. The highest BCUT2D eigenvalue weighted by molar-refractivity contribution is 7.03. The van der Waals surface area contributed by atoms with E-state index < -0.39 is 0 Å². The third-order valence-corrected chi connectivity index (χ3v) is 5.92. The van der Waals surface area contributed by atoms with Crippen molar-refractivity contribution in [2.24, 2.45) is 7.05 Å². The molecule has 4 rings (SSSR count). The Labute approximate surface area is 202 Å². The van der Waals surface area contributed by atoms with Crippen LogP contribution < -0.4 is 9.77 Å². The Morgan fingerprint density at radius 3 is 2.50 bits per heavy atom. The first-order valence-corrected chi connectivity index (χ1v) is 12.0. The normalized spacial score (nSPS) is 10.9. The van der Waals surface area contributed by atoms with E-state index in [-0.39, 0.29) is 10.8 Å². The first-order valence-electron chi connectivity index (χ1n) is 11.2. The number of carbonyl (C=O) groups excluding carboxylic acids is 1. The molecule has 0 unspecified atom stereocenters. The molecule has 1 N–H and O–H groups in total. The lowest BCUT2D eigenvalue weighted by molar-refractivity contribution is 0.0527. The maximum atomic E-state index is 12.5. The number of esters is 1. The van der Waals surface area contributed by atoms with Gasteiger partial charge in [0.15, 0.2) is 11.6 Å². The average molecular weight is 478 g/mol. The van der Waals surface area contributed by atoms with Gasteiger partial charge in [0, 0.05) is 43.4 Å². The molecule has 0 fully saturated rings. The minimum Gasteiger partial charge on any atom is -0.462 e. The number of carbonyl (C=O) groups is 1. The number of hydrogen-bond donors (Lipinski definition) is 1. The number of aryl methyl sites for hydroxylation is 1. The molecule has 0 aliphatic carbocycles. The molecule has 0 saturated carbocycles. The van der Waals surface area contributed by atoms with E-state index in [1.807, 2.05) is 24.3 Å². The van der Waals surface area contributed by atoms with Crippen molar-refractivity contribution >= 4 is 23.3 Å². The van der Waals surface area contributed by atoms with Gasteiger partial charge < -0.3 is 9.64 Å². The van der Waals surface area contributed by atoms with Crippen LogP contribution in [0, 0.1) is 0 Å². The number of H-pyrrole nitrogens is 1. The van der Waals surface area contributed by atoms with Gasteiger partial charge in [-0.3, -0.25) is 13.8 Å². The highest BCUT2D eigenvalue weighted by atomic mass is 32.1. The number of aromatic nitrogens is 4. The molecule has 0 atom stereocenters. The number of ether oxygens (including phenoxy) is 1. The monoisotopic (exact) mass is 477 g/mol. The molecule has 0 aliphatic heterocycles. The van der Waals surface area contributed by atoms with Crippen molar-refractivity contribution in [3.8, 4) is 22.5 Å². The molecule has 8 nitrogen and oxygen atoms in total. The second-order valence-electron chi connectivity index (χ2n) is 7.86. The van der Waals surface area contributed by atoms with Crippen LogP contribution in [-0.2, 0) is 18.3 Å². The van der Waals surface area contributed by atoms with E-state index in [0.717, 1.165) is 46.8 Å². The smallest absolute Gasteiger partial charge is 0.344 e. The molecule has 0 bridgehead atoms. The van der Waals surface area contributed by atoms with Crippen molar-refractivity contribution in [3.63, 3.8) is 0 Å². The quantitative estimate of drug-likeness (QED) is 0.357. The maximum Gasteiger partial charge on any atom is 0.344 e. The number of nitrogens with one attached hydrogen (secondary N) is 1. The van der Waals surface area contributed by atoms with Crippen LogP contribution in [0.15, 0.2) is 59.5 Å². The van der Waals surface area contributed by atoms with Crippen LogP contribution in [0.5, 0.6) is 0 Å². The zero-order valence-corrected chi connectivity index (χ0v) is 20.3. The standard InChI is InChI=1S/C25H27N5O3S/c1-4-14-30(23-21(16-29(3)27-23)24(31)33-5-2)15-17-10-12-18(13-11-17)19-8-6-7-9-20(19)22-26-25(32)34-28-22/h6-13,16H,4-5,14-15H2,1-3H3,(H,26,28,32). The van der Waals surface area contributed by atoms with Crippen molar-refractivity contribution in [3.05, 3.63) is 75.5 Å². The Kier molecular flexibility index (Phi) is 7.22. The van der Waals surface area contributed by atoms with Gasteiger partial charge in [-0.2, -0.15) is 10.1 Å². The van der Waals surface area contributed by atoms with Gasteiger partial charge in [-0.05, 0) is 30.0 Å². The third-order valence-electron chi connectivity index (χ3n) is 5.36. The summed E-state index contributed by atoms with van der Waals surface area (Å²) in [6.45, 7) is 5.58. The second-order valence-corrected chi connectivity index (χ2v) is 8.61. The fourth-order valence-electron chi connectivity index (χ4n) is 3.89. The predicted octanol–water partition coefficient (Wildman–Crippen LogP) is 4.49. The van der Waals surface area contributed by atoms with Gasteiger partial charge in [0.2, 0.25) is 0 Å². The summed E-state index contributed by atoms with van der Waals surface area (Å²) in [7, 11) is 1.80. The van der Waals surface area contributed by atoms with E-state index in [9.17, 15) is 9.59 Å². The Hall–Kier alpha value is -3.72. The number of nitrogens with zero attached hydrogens (tertiary/aromatic N) is 4. The van der Waals surface area contributed by atoms with E-state index >= 15 is 0 Å². The van der Waals surface area contributed by atoms with Crippen molar-refractivity contribution < 1.29 is 9.53 Å². The zero-order chi connectivity index (χ0) is 24.1. The molecule has 0 spiro atoms. The lowest BCUT2D eigenvalue weighted by Crippen LogP contribution is -2.26. The third kappa shape index (κ3) is 5.09. The summed E-state index contributed by atoms with van der Waals surface area (Å²) >= 11 is 0.985. The molecule has 0 aliphatic rings. The number of benzene rings is 2. The fraction of sp³-hybridized carbons (Fsp3) is 0.280. The molecule has 176 valence electrons. The summed E-state index contributed by atoms with van der Waals surface area (Å²) in [5.41, 5.74) is 4.47. The van der Waals surface area contributed by atoms with E-state index in [4.69, 9.17) is 4.74 Å². The average Bonchev–Trinajstić information content (AvgIpc) is 3.45. The van der Waals surface area contributed by atoms with E-state index in [1.165, 1.54) is 0 Å². The summed E-state index contributed by atoms with van der Waals surface area (Å²) in [6.07, 6.45) is 2.62. The molecule has 2 aromatic heterocycles. The first-order chi connectivity index (χ1) is 16.5. The van der Waals surface area contributed by atoms with Gasteiger partial charge in [0.05, 0.1) is 6.61 Å². The van der Waals surface area contributed by atoms with E-state index in [1.54, 1.807) is 24.9 Å². The second kappa shape index (κ2) is 10.5. The minimum absolute atomic E-state index is 0.243. The number of hydrogen-bond acceptors (Lipinski definition) is 7. The molecule has 0 saturated heterocycles. The van der Waals surface area contributed by atoms with Gasteiger partial charge in [-0.1, -0.05) is 55.5 Å². The lowest BCUT2D eigenvalue weighted by atomic mass is 9.98. The SMILES string of the molecule is CCCN(Cc1ccc(-c2ccccc2-c2nc(=O)s[nH]2)cc1)c1nn(C)cc1C(=O)OCC. The molecular formula is C25H27N5O3S. The van der Waals surface area contributed by atoms with Crippen LogP contribution in [0.4, 0.5) is 5.82 Å². The Morgan fingerprint density at radius 2 is 1.85 bits per heavy atom. The molecule has 0 amide bonds.